The fourth-order valence-electron chi connectivity index (χ4n) is 2.89. The van der Waals surface area contributed by atoms with E-state index in [-0.39, 0.29) is 18.5 Å². The first-order chi connectivity index (χ1) is 9.52. The average molecular weight is 295 g/mol. The molecule has 108 valence electrons. The Bertz CT molecular complexity index is 550. The first-order valence-corrected chi connectivity index (χ1v) is 7.50. The Morgan fingerprint density at radius 1 is 1.45 bits per heavy atom. The van der Waals surface area contributed by atoms with Gasteiger partial charge in [0.25, 0.3) is 5.91 Å². The Labute approximate surface area is 120 Å². The fraction of sp³-hybridized carbons (Fsp3) is 0.667. The molecule has 7 nitrogen and oxygen atoms in total. The summed E-state index contributed by atoms with van der Waals surface area (Å²) in [6.45, 7) is 2.28. The van der Waals surface area contributed by atoms with E-state index in [1.54, 1.807) is 0 Å². The third-order valence-corrected chi connectivity index (χ3v) is 4.86. The van der Waals surface area contributed by atoms with Gasteiger partial charge in [0.2, 0.25) is 0 Å². The highest BCUT2D eigenvalue weighted by atomic mass is 32.1. The summed E-state index contributed by atoms with van der Waals surface area (Å²) in [5, 5.41) is 7.18. The second kappa shape index (κ2) is 4.69. The number of carbonyl (C=O) groups excluding carboxylic acids is 2. The van der Waals surface area contributed by atoms with Gasteiger partial charge in [0.1, 0.15) is 16.2 Å². The van der Waals surface area contributed by atoms with E-state index in [1.165, 1.54) is 4.90 Å². The number of hydrogen-bond acceptors (Lipinski definition) is 6. The number of nitrogens with one attached hydrogen (secondary N) is 1. The van der Waals surface area contributed by atoms with Crippen LogP contribution in [0.5, 0.6) is 0 Å². The largest absolute Gasteiger partial charge is 0.388 e. The van der Waals surface area contributed by atoms with E-state index in [0.717, 1.165) is 24.4 Å². The number of hydrogen-bond donors (Lipinski definition) is 2. The molecule has 0 bridgehead atoms. The zero-order valence-electron chi connectivity index (χ0n) is 11.3. The molecule has 0 radical (unpaired) electrons. The standard InChI is InChI=1S/C12H17N5O2S/c1-7-2-4-12(5-3-7)10(18)17(11(19)14-12)6-8-9(13)20-16-15-8/h7H,2-6,13H2,1H3,(H,14,19). The van der Waals surface area contributed by atoms with Crippen LogP contribution in [0.3, 0.4) is 0 Å². The van der Waals surface area contributed by atoms with E-state index in [2.05, 4.69) is 21.8 Å². The van der Waals surface area contributed by atoms with Gasteiger partial charge in [0.15, 0.2) is 0 Å². The molecule has 0 aromatic carbocycles. The number of carbonyl (C=O) groups is 2. The SMILES string of the molecule is CC1CCC2(CC1)NC(=O)N(Cc1nnsc1N)C2=O. The van der Waals surface area contributed by atoms with Gasteiger partial charge in [-0.25, -0.2) is 4.79 Å². The third-order valence-electron chi connectivity index (χ3n) is 4.27. The van der Waals surface area contributed by atoms with Crippen LogP contribution in [-0.4, -0.2) is 32.0 Å². The Morgan fingerprint density at radius 2 is 2.15 bits per heavy atom. The number of rotatable bonds is 2. The van der Waals surface area contributed by atoms with Gasteiger partial charge in [0, 0.05) is 11.5 Å². The number of urea groups is 1. The van der Waals surface area contributed by atoms with Crippen molar-refractivity contribution in [1.82, 2.24) is 19.8 Å². The van der Waals surface area contributed by atoms with E-state index in [0.29, 0.717) is 29.5 Å². The summed E-state index contributed by atoms with van der Waals surface area (Å²) < 4.78 is 3.72. The molecule has 2 fully saturated rings. The highest BCUT2D eigenvalue weighted by Crippen LogP contribution is 2.36. The predicted molar refractivity (Wildman–Crippen MR) is 73.8 cm³/mol. The number of aromatic nitrogens is 2. The molecule has 1 aromatic rings. The predicted octanol–water partition coefficient (Wildman–Crippen LogP) is 1.12. The molecule has 1 aliphatic carbocycles. The monoisotopic (exact) mass is 295 g/mol. The Morgan fingerprint density at radius 3 is 2.75 bits per heavy atom. The van der Waals surface area contributed by atoms with Gasteiger partial charge in [-0.3, -0.25) is 9.69 Å². The average Bonchev–Trinajstić information content (AvgIpc) is 2.92. The molecule has 3 amide bonds. The number of nitrogen functional groups attached to an aromatic ring is 1. The Kier molecular flexibility index (Phi) is 3.12. The summed E-state index contributed by atoms with van der Waals surface area (Å²) in [6, 6.07) is -0.350. The van der Waals surface area contributed by atoms with Crippen LogP contribution in [0, 0.1) is 5.92 Å². The number of imide groups is 1. The second-order valence-corrected chi connectivity index (χ2v) is 6.46. The molecule has 2 aliphatic rings. The second-order valence-electron chi connectivity index (χ2n) is 5.67. The highest BCUT2D eigenvalue weighted by molar-refractivity contribution is 7.09. The number of nitrogens with zero attached hydrogens (tertiary/aromatic N) is 3. The van der Waals surface area contributed by atoms with Crippen molar-refractivity contribution >= 4 is 28.5 Å². The summed E-state index contributed by atoms with van der Waals surface area (Å²) in [7, 11) is 0. The molecule has 1 aromatic heterocycles. The maximum Gasteiger partial charge on any atom is 0.325 e. The fourth-order valence-corrected chi connectivity index (χ4v) is 3.33. The molecular weight excluding hydrogens is 278 g/mol. The molecule has 1 saturated carbocycles. The van der Waals surface area contributed by atoms with Crippen LogP contribution in [0.1, 0.15) is 38.3 Å². The van der Waals surface area contributed by atoms with E-state index < -0.39 is 5.54 Å². The molecule has 3 N–H and O–H groups in total. The zero-order chi connectivity index (χ0) is 14.3. The van der Waals surface area contributed by atoms with Crippen molar-refractivity contribution < 1.29 is 9.59 Å². The van der Waals surface area contributed by atoms with Crippen LogP contribution in [0.25, 0.3) is 0 Å². The van der Waals surface area contributed by atoms with Gasteiger partial charge in [-0.05, 0) is 31.6 Å². The molecule has 0 atom stereocenters. The molecule has 2 heterocycles. The van der Waals surface area contributed by atoms with E-state index in [9.17, 15) is 9.59 Å². The maximum atomic E-state index is 12.6. The molecule has 20 heavy (non-hydrogen) atoms. The first-order valence-electron chi connectivity index (χ1n) is 6.73. The van der Waals surface area contributed by atoms with Crippen molar-refractivity contribution in [3.05, 3.63) is 5.69 Å². The van der Waals surface area contributed by atoms with Gasteiger partial charge >= 0.3 is 6.03 Å². The van der Waals surface area contributed by atoms with E-state index >= 15 is 0 Å². The number of amides is 3. The number of anilines is 1. The molecule has 1 aliphatic heterocycles. The highest BCUT2D eigenvalue weighted by Gasteiger charge is 2.52. The van der Waals surface area contributed by atoms with Crippen molar-refractivity contribution in [3.63, 3.8) is 0 Å². The summed E-state index contributed by atoms with van der Waals surface area (Å²) in [4.78, 5) is 25.9. The van der Waals surface area contributed by atoms with Crippen molar-refractivity contribution in [2.45, 2.75) is 44.7 Å². The van der Waals surface area contributed by atoms with Gasteiger partial charge < -0.3 is 11.1 Å². The summed E-state index contributed by atoms with van der Waals surface area (Å²) in [5.74, 6) is 0.458. The minimum Gasteiger partial charge on any atom is -0.388 e. The molecule has 0 unspecified atom stereocenters. The lowest BCUT2D eigenvalue weighted by molar-refractivity contribution is -0.133. The van der Waals surface area contributed by atoms with Crippen LogP contribution < -0.4 is 11.1 Å². The zero-order valence-corrected chi connectivity index (χ0v) is 12.1. The van der Waals surface area contributed by atoms with Crippen molar-refractivity contribution in [1.29, 1.82) is 0 Å². The molecule has 8 heteroatoms. The van der Waals surface area contributed by atoms with Gasteiger partial charge in [0.05, 0.1) is 6.54 Å². The number of nitrogens with two attached hydrogens (primary N) is 1. The lowest BCUT2D eigenvalue weighted by Crippen LogP contribution is -2.49. The van der Waals surface area contributed by atoms with E-state index in [4.69, 9.17) is 5.73 Å². The summed E-state index contributed by atoms with van der Waals surface area (Å²) in [5.41, 5.74) is 5.50. The quantitative estimate of drug-likeness (QED) is 0.796. The van der Waals surface area contributed by atoms with Gasteiger partial charge in [-0.1, -0.05) is 11.4 Å². The molecule has 1 saturated heterocycles. The third kappa shape index (κ3) is 2.04. The van der Waals surface area contributed by atoms with Gasteiger partial charge in [-0.15, -0.1) is 5.10 Å². The van der Waals surface area contributed by atoms with E-state index in [1.807, 2.05) is 0 Å². The topological polar surface area (TPSA) is 101 Å². The van der Waals surface area contributed by atoms with Crippen LogP contribution >= 0.6 is 11.5 Å². The molecular formula is C12H17N5O2S. The molecule has 3 rings (SSSR count). The van der Waals surface area contributed by atoms with Crippen molar-refractivity contribution in [3.8, 4) is 0 Å². The molecule has 1 spiro atoms. The smallest absolute Gasteiger partial charge is 0.325 e. The first kappa shape index (κ1) is 13.3. The Balaban J connectivity index is 1.79. The van der Waals surface area contributed by atoms with Crippen molar-refractivity contribution in [2.75, 3.05) is 5.73 Å². The summed E-state index contributed by atoms with van der Waals surface area (Å²) >= 11 is 1.06. The lowest BCUT2D eigenvalue weighted by Gasteiger charge is -2.33. The van der Waals surface area contributed by atoms with Crippen LogP contribution in [0.2, 0.25) is 0 Å². The minimum atomic E-state index is -0.707. The van der Waals surface area contributed by atoms with Crippen LogP contribution in [0.15, 0.2) is 0 Å². The van der Waals surface area contributed by atoms with Gasteiger partial charge in [-0.2, -0.15) is 0 Å². The maximum absolute atomic E-state index is 12.6. The Hall–Kier alpha value is -1.70. The van der Waals surface area contributed by atoms with Crippen LogP contribution in [0.4, 0.5) is 9.80 Å². The normalized spacial score (nSPS) is 30.1. The van der Waals surface area contributed by atoms with Crippen LogP contribution in [-0.2, 0) is 11.3 Å². The summed E-state index contributed by atoms with van der Waals surface area (Å²) in [6.07, 6.45) is 3.33. The van der Waals surface area contributed by atoms with Crippen molar-refractivity contribution in [2.24, 2.45) is 5.92 Å². The minimum absolute atomic E-state index is 0.101. The lowest BCUT2D eigenvalue weighted by atomic mass is 9.77.